The van der Waals surface area contributed by atoms with Crippen molar-refractivity contribution in [3.05, 3.63) is 23.3 Å². The molecule has 0 unspecified atom stereocenters. The number of aryl methyl sites for hydroxylation is 2. The average Bonchev–Trinajstić information content (AvgIpc) is 2.49. The van der Waals surface area contributed by atoms with Gasteiger partial charge in [-0.15, -0.1) is 0 Å². The minimum atomic E-state index is -1.00. The van der Waals surface area contributed by atoms with E-state index >= 15 is 0 Å². The molecular formula is C8H8N2O2. The fraction of sp³-hybridized carbons (Fsp3) is 0.375. The Bertz CT molecular complexity index is 336. The van der Waals surface area contributed by atoms with Gasteiger partial charge in [-0.2, -0.15) is 0 Å². The molecule has 4 heteroatoms. The third-order valence-electron chi connectivity index (χ3n) is 1.98. The predicted molar refractivity (Wildman–Crippen MR) is 41.0 cm³/mol. The second-order valence-electron chi connectivity index (χ2n) is 2.81. The van der Waals surface area contributed by atoms with Gasteiger partial charge in [0.05, 0.1) is 17.6 Å². The zero-order valence-corrected chi connectivity index (χ0v) is 6.45. The lowest BCUT2D eigenvalue weighted by Crippen LogP contribution is -2.04. The van der Waals surface area contributed by atoms with Gasteiger partial charge in [0.15, 0.2) is 5.69 Å². The highest BCUT2D eigenvalue weighted by Crippen LogP contribution is 2.17. The lowest BCUT2D eigenvalue weighted by atomic mass is 10.3. The van der Waals surface area contributed by atoms with Crippen molar-refractivity contribution in [2.24, 2.45) is 0 Å². The zero-order valence-electron chi connectivity index (χ0n) is 6.45. The minimum absolute atomic E-state index is 0.0515. The van der Waals surface area contributed by atoms with E-state index in [9.17, 15) is 4.79 Å². The number of carboxylic acid groups (broad SMARTS) is 1. The molecule has 0 atom stereocenters. The molecular weight excluding hydrogens is 156 g/mol. The van der Waals surface area contributed by atoms with Crippen LogP contribution < -0.4 is 0 Å². The van der Waals surface area contributed by atoms with Gasteiger partial charge in [0.1, 0.15) is 0 Å². The second kappa shape index (κ2) is 2.55. The lowest BCUT2D eigenvalue weighted by Gasteiger charge is -1.97. The molecule has 4 nitrogen and oxygen atoms in total. The third-order valence-corrected chi connectivity index (χ3v) is 1.98. The zero-order chi connectivity index (χ0) is 8.55. The maximum atomic E-state index is 10.5. The largest absolute Gasteiger partial charge is 0.476 e. The summed E-state index contributed by atoms with van der Waals surface area (Å²) >= 11 is 0. The van der Waals surface area contributed by atoms with Crippen LogP contribution in [0.5, 0.6) is 0 Å². The summed E-state index contributed by atoms with van der Waals surface area (Å²) in [5, 5.41) is 8.61. The fourth-order valence-corrected chi connectivity index (χ4v) is 1.39. The second-order valence-corrected chi connectivity index (χ2v) is 2.81. The Kier molecular flexibility index (Phi) is 1.53. The summed E-state index contributed by atoms with van der Waals surface area (Å²) in [5.41, 5.74) is 1.87. The van der Waals surface area contributed by atoms with Gasteiger partial charge in [0, 0.05) is 0 Å². The number of fused-ring (bicyclic) bond motifs is 1. The number of carbonyl (C=O) groups is 1. The monoisotopic (exact) mass is 164 g/mol. The van der Waals surface area contributed by atoms with Gasteiger partial charge in [-0.1, -0.05) is 0 Å². The SMILES string of the molecule is O=C(O)c1cnc2c(n1)CCC2. The fourth-order valence-electron chi connectivity index (χ4n) is 1.39. The smallest absolute Gasteiger partial charge is 0.356 e. The van der Waals surface area contributed by atoms with Gasteiger partial charge in [0.25, 0.3) is 0 Å². The number of aromatic nitrogens is 2. The van der Waals surface area contributed by atoms with Crippen LogP contribution in [0.15, 0.2) is 6.20 Å². The van der Waals surface area contributed by atoms with E-state index in [0.29, 0.717) is 0 Å². The molecule has 0 aromatic carbocycles. The molecule has 0 radical (unpaired) electrons. The molecule has 1 aliphatic rings. The van der Waals surface area contributed by atoms with Gasteiger partial charge in [-0.05, 0) is 19.3 Å². The molecule has 0 saturated heterocycles. The van der Waals surface area contributed by atoms with Crippen LogP contribution in [0, 0.1) is 0 Å². The lowest BCUT2D eigenvalue weighted by molar-refractivity contribution is 0.0689. The van der Waals surface area contributed by atoms with Crippen LogP contribution in [0.4, 0.5) is 0 Å². The summed E-state index contributed by atoms with van der Waals surface area (Å²) in [6, 6.07) is 0. The molecule has 0 spiro atoms. The van der Waals surface area contributed by atoms with Crippen LogP contribution >= 0.6 is 0 Å². The third kappa shape index (κ3) is 1.05. The number of hydrogen-bond donors (Lipinski definition) is 1. The molecule has 1 N–H and O–H groups in total. The Morgan fingerprint density at radius 1 is 1.42 bits per heavy atom. The summed E-state index contributed by atoms with van der Waals surface area (Å²) in [7, 11) is 0. The summed E-state index contributed by atoms with van der Waals surface area (Å²) in [5.74, 6) is -1.00. The highest BCUT2D eigenvalue weighted by Gasteiger charge is 2.15. The van der Waals surface area contributed by atoms with E-state index in [1.54, 1.807) is 0 Å². The molecule has 0 saturated carbocycles. The average molecular weight is 164 g/mol. The van der Waals surface area contributed by atoms with E-state index in [1.807, 2.05) is 0 Å². The standard InChI is InChI=1S/C8H8N2O2/c11-8(12)7-4-9-5-2-1-3-6(5)10-7/h4H,1-3H2,(H,11,12). The molecule has 2 rings (SSSR count). The summed E-state index contributed by atoms with van der Waals surface area (Å²) in [4.78, 5) is 18.5. The number of hydrogen-bond acceptors (Lipinski definition) is 3. The van der Waals surface area contributed by atoms with E-state index in [2.05, 4.69) is 9.97 Å². The Morgan fingerprint density at radius 2 is 2.17 bits per heavy atom. The van der Waals surface area contributed by atoms with Gasteiger partial charge >= 0.3 is 5.97 Å². The van der Waals surface area contributed by atoms with Crippen molar-refractivity contribution < 1.29 is 9.90 Å². The van der Waals surface area contributed by atoms with E-state index < -0.39 is 5.97 Å². The topological polar surface area (TPSA) is 63.1 Å². The van der Waals surface area contributed by atoms with Crippen LogP contribution in [-0.4, -0.2) is 21.0 Å². The molecule has 62 valence electrons. The molecule has 1 aromatic rings. The molecule has 0 fully saturated rings. The molecule has 0 bridgehead atoms. The Labute approximate surface area is 69.3 Å². The molecule has 12 heavy (non-hydrogen) atoms. The first-order valence-corrected chi connectivity index (χ1v) is 3.85. The van der Waals surface area contributed by atoms with Crippen molar-refractivity contribution in [2.45, 2.75) is 19.3 Å². The van der Waals surface area contributed by atoms with Crippen LogP contribution in [-0.2, 0) is 12.8 Å². The number of carboxylic acids is 1. The number of nitrogens with zero attached hydrogens (tertiary/aromatic N) is 2. The normalized spacial score (nSPS) is 14.3. The maximum Gasteiger partial charge on any atom is 0.356 e. The summed E-state index contributed by atoms with van der Waals surface area (Å²) in [6.07, 6.45) is 4.16. The Morgan fingerprint density at radius 3 is 2.92 bits per heavy atom. The molecule has 0 aliphatic heterocycles. The maximum absolute atomic E-state index is 10.5. The highest BCUT2D eigenvalue weighted by molar-refractivity contribution is 5.84. The first-order valence-electron chi connectivity index (χ1n) is 3.85. The summed E-state index contributed by atoms with van der Waals surface area (Å²) < 4.78 is 0. The summed E-state index contributed by atoms with van der Waals surface area (Å²) in [6.45, 7) is 0. The molecule has 1 heterocycles. The number of aromatic carboxylic acids is 1. The minimum Gasteiger partial charge on any atom is -0.476 e. The van der Waals surface area contributed by atoms with Crippen molar-refractivity contribution in [1.29, 1.82) is 0 Å². The quantitative estimate of drug-likeness (QED) is 0.662. The van der Waals surface area contributed by atoms with Crippen LogP contribution in [0.2, 0.25) is 0 Å². The van der Waals surface area contributed by atoms with Crippen molar-refractivity contribution in [2.75, 3.05) is 0 Å². The van der Waals surface area contributed by atoms with Crippen molar-refractivity contribution in [1.82, 2.24) is 9.97 Å². The molecule has 1 aromatic heterocycles. The number of rotatable bonds is 1. The van der Waals surface area contributed by atoms with E-state index in [0.717, 1.165) is 30.7 Å². The van der Waals surface area contributed by atoms with E-state index in [1.165, 1.54) is 6.20 Å². The van der Waals surface area contributed by atoms with Gasteiger partial charge < -0.3 is 5.11 Å². The first-order chi connectivity index (χ1) is 5.77. The van der Waals surface area contributed by atoms with Crippen molar-refractivity contribution >= 4 is 5.97 Å². The van der Waals surface area contributed by atoms with Crippen LogP contribution in [0.25, 0.3) is 0 Å². The van der Waals surface area contributed by atoms with Gasteiger partial charge in [-0.3, -0.25) is 4.98 Å². The predicted octanol–water partition coefficient (Wildman–Crippen LogP) is 0.663. The van der Waals surface area contributed by atoms with E-state index in [4.69, 9.17) is 5.11 Å². The van der Waals surface area contributed by atoms with Crippen LogP contribution in [0.1, 0.15) is 28.3 Å². The molecule has 0 amide bonds. The van der Waals surface area contributed by atoms with Crippen molar-refractivity contribution in [3.63, 3.8) is 0 Å². The Hall–Kier alpha value is -1.45. The highest BCUT2D eigenvalue weighted by atomic mass is 16.4. The van der Waals surface area contributed by atoms with Gasteiger partial charge in [0.2, 0.25) is 0 Å². The first kappa shape index (κ1) is 7.21. The molecule has 1 aliphatic carbocycles. The van der Waals surface area contributed by atoms with E-state index in [-0.39, 0.29) is 5.69 Å². The van der Waals surface area contributed by atoms with Crippen molar-refractivity contribution in [3.8, 4) is 0 Å². The Balaban J connectivity index is 2.45. The van der Waals surface area contributed by atoms with Gasteiger partial charge in [-0.25, -0.2) is 9.78 Å². The van der Waals surface area contributed by atoms with Crippen LogP contribution in [0.3, 0.4) is 0 Å².